The highest BCUT2D eigenvalue weighted by molar-refractivity contribution is 6.01. The number of benzene rings is 2. The average molecular weight is 434 g/mol. The normalized spacial score (nSPS) is 14.3. The number of aryl methyl sites for hydroxylation is 1. The summed E-state index contributed by atoms with van der Waals surface area (Å²) >= 11 is 0. The summed E-state index contributed by atoms with van der Waals surface area (Å²) in [6.45, 7) is 6.06. The van der Waals surface area contributed by atoms with Gasteiger partial charge in [-0.3, -0.25) is 0 Å². The van der Waals surface area contributed by atoms with Crippen molar-refractivity contribution >= 4 is 40.1 Å². The monoisotopic (exact) mass is 433 g/mol. The molecule has 0 atom stereocenters. The Morgan fingerprint density at radius 3 is 2.28 bits per heavy atom. The Labute approximate surface area is 187 Å². The molecular formula is C24H27N5O3. The zero-order valence-corrected chi connectivity index (χ0v) is 18.5. The summed E-state index contributed by atoms with van der Waals surface area (Å²) in [4.78, 5) is 33.4. The van der Waals surface area contributed by atoms with E-state index in [0.717, 1.165) is 48.5 Å². The van der Waals surface area contributed by atoms with Crippen LogP contribution in [-0.2, 0) is 4.74 Å². The Bertz CT molecular complexity index is 1140. The van der Waals surface area contributed by atoms with Gasteiger partial charge in [-0.15, -0.1) is 0 Å². The third-order valence-electron chi connectivity index (χ3n) is 5.65. The molecule has 0 unspecified atom stereocenters. The molecule has 4 rings (SSSR count). The van der Waals surface area contributed by atoms with Gasteiger partial charge in [0, 0.05) is 42.9 Å². The van der Waals surface area contributed by atoms with E-state index >= 15 is 0 Å². The van der Waals surface area contributed by atoms with Gasteiger partial charge in [0.15, 0.2) is 0 Å². The standard InChI is InChI=1S/C24H27N5O3/c1-16-14-22(29-12-10-28(2)11-13-29)27-21-9-8-19(15-20(16)21)26-24(31)25-18-6-4-17(5-7-18)23(30)32-3/h4-9,14-15H,10-13H2,1-3H3,(H2,25,26,31). The van der Waals surface area contributed by atoms with Gasteiger partial charge >= 0.3 is 12.0 Å². The maximum absolute atomic E-state index is 12.4. The number of esters is 1. The van der Waals surface area contributed by atoms with Crippen LogP contribution in [0.5, 0.6) is 0 Å². The highest BCUT2D eigenvalue weighted by atomic mass is 16.5. The van der Waals surface area contributed by atoms with Crippen molar-refractivity contribution in [3.63, 3.8) is 0 Å². The largest absolute Gasteiger partial charge is 0.465 e. The molecule has 2 aromatic carbocycles. The van der Waals surface area contributed by atoms with Crippen LogP contribution in [0, 0.1) is 6.92 Å². The van der Waals surface area contributed by atoms with Crippen molar-refractivity contribution in [1.29, 1.82) is 0 Å². The molecule has 32 heavy (non-hydrogen) atoms. The molecule has 1 aromatic heterocycles. The van der Waals surface area contributed by atoms with Gasteiger partial charge in [0.1, 0.15) is 5.82 Å². The molecule has 2 heterocycles. The summed E-state index contributed by atoms with van der Waals surface area (Å²) < 4.78 is 4.68. The molecule has 0 radical (unpaired) electrons. The van der Waals surface area contributed by atoms with Crippen molar-refractivity contribution in [2.24, 2.45) is 0 Å². The van der Waals surface area contributed by atoms with E-state index in [-0.39, 0.29) is 6.03 Å². The number of amides is 2. The summed E-state index contributed by atoms with van der Waals surface area (Å²) in [5.74, 6) is 0.578. The first kappa shape index (κ1) is 21.6. The minimum atomic E-state index is -0.420. The van der Waals surface area contributed by atoms with E-state index in [1.165, 1.54) is 7.11 Å². The molecule has 0 spiro atoms. The van der Waals surface area contributed by atoms with E-state index < -0.39 is 5.97 Å². The first-order valence-corrected chi connectivity index (χ1v) is 10.5. The Morgan fingerprint density at radius 2 is 1.59 bits per heavy atom. The van der Waals surface area contributed by atoms with Crippen LogP contribution in [0.15, 0.2) is 48.5 Å². The lowest BCUT2D eigenvalue weighted by Gasteiger charge is -2.33. The maximum atomic E-state index is 12.4. The van der Waals surface area contributed by atoms with Crippen LogP contribution < -0.4 is 15.5 Å². The van der Waals surface area contributed by atoms with Gasteiger partial charge in [-0.1, -0.05) is 0 Å². The number of hydrogen-bond donors (Lipinski definition) is 2. The van der Waals surface area contributed by atoms with Gasteiger partial charge < -0.3 is 25.2 Å². The molecule has 0 bridgehead atoms. The van der Waals surface area contributed by atoms with E-state index in [2.05, 4.69) is 45.2 Å². The number of urea groups is 1. The average Bonchev–Trinajstić information content (AvgIpc) is 2.79. The molecular weight excluding hydrogens is 406 g/mol. The second kappa shape index (κ2) is 9.23. The zero-order chi connectivity index (χ0) is 22.7. The maximum Gasteiger partial charge on any atom is 0.337 e. The van der Waals surface area contributed by atoms with E-state index in [1.54, 1.807) is 24.3 Å². The molecule has 2 amide bonds. The summed E-state index contributed by atoms with van der Waals surface area (Å²) in [6, 6.07) is 14.0. The Hall–Kier alpha value is -3.65. The second-order valence-corrected chi connectivity index (χ2v) is 7.97. The number of methoxy groups -OCH3 is 1. The molecule has 0 saturated carbocycles. The Morgan fingerprint density at radius 1 is 0.938 bits per heavy atom. The number of nitrogens with one attached hydrogen (secondary N) is 2. The number of ether oxygens (including phenoxy) is 1. The van der Waals surface area contributed by atoms with Crippen molar-refractivity contribution < 1.29 is 14.3 Å². The Balaban J connectivity index is 1.45. The number of fused-ring (bicyclic) bond motifs is 1. The van der Waals surface area contributed by atoms with Gasteiger partial charge in [0.2, 0.25) is 0 Å². The van der Waals surface area contributed by atoms with Crippen LogP contribution >= 0.6 is 0 Å². The van der Waals surface area contributed by atoms with Crippen LogP contribution in [0.25, 0.3) is 10.9 Å². The fraction of sp³-hybridized carbons (Fsp3) is 0.292. The fourth-order valence-corrected chi connectivity index (χ4v) is 3.75. The molecule has 3 aromatic rings. The number of nitrogens with zero attached hydrogens (tertiary/aromatic N) is 3. The molecule has 8 nitrogen and oxygen atoms in total. The van der Waals surface area contributed by atoms with Gasteiger partial charge in [-0.25, -0.2) is 14.6 Å². The number of anilines is 3. The molecule has 1 aliphatic heterocycles. The molecule has 8 heteroatoms. The number of piperazine rings is 1. The SMILES string of the molecule is COC(=O)c1ccc(NC(=O)Nc2ccc3nc(N4CCN(C)CC4)cc(C)c3c2)cc1. The predicted molar refractivity (Wildman–Crippen MR) is 127 cm³/mol. The molecule has 1 aliphatic rings. The lowest BCUT2D eigenvalue weighted by molar-refractivity contribution is 0.0600. The summed E-state index contributed by atoms with van der Waals surface area (Å²) in [7, 11) is 3.47. The van der Waals surface area contributed by atoms with Crippen molar-refractivity contribution in [2.75, 3.05) is 55.9 Å². The van der Waals surface area contributed by atoms with Crippen molar-refractivity contribution in [3.8, 4) is 0 Å². The van der Waals surface area contributed by atoms with Gasteiger partial charge in [-0.05, 0) is 68.1 Å². The zero-order valence-electron chi connectivity index (χ0n) is 18.5. The summed E-state index contributed by atoms with van der Waals surface area (Å²) in [6.07, 6.45) is 0. The number of aromatic nitrogens is 1. The minimum Gasteiger partial charge on any atom is -0.465 e. The molecule has 1 saturated heterocycles. The van der Waals surface area contributed by atoms with Gasteiger partial charge in [-0.2, -0.15) is 0 Å². The quantitative estimate of drug-likeness (QED) is 0.610. The van der Waals surface area contributed by atoms with E-state index in [9.17, 15) is 9.59 Å². The van der Waals surface area contributed by atoms with Crippen LogP contribution in [-0.4, -0.2) is 62.2 Å². The van der Waals surface area contributed by atoms with Crippen molar-refractivity contribution in [1.82, 2.24) is 9.88 Å². The number of hydrogen-bond acceptors (Lipinski definition) is 6. The van der Waals surface area contributed by atoms with Crippen LogP contribution in [0.1, 0.15) is 15.9 Å². The first-order valence-electron chi connectivity index (χ1n) is 10.5. The van der Waals surface area contributed by atoms with E-state index in [1.807, 2.05) is 18.2 Å². The van der Waals surface area contributed by atoms with E-state index in [4.69, 9.17) is 4.98 Å². The number of pyridine rings is 1. The number of likely N-dealkylation sites (N-methyl/N-ethyl adjacent to an activating group) is 1. The van der Waals surface area contributed by atoms with Crippen LogP contribution in [0.4, 0.5) is 22.0 Å². The van der Waals surface area contributed by atoms with Crippen molar-refractivity contribution in [3.05, 3.63) is 59.7 Å². The molecule has 2 N–H and O–H groups in total. The first-order chi connectivity index (χ1) is 15.4. The highest BCUT2D eigenvalue weighted by Gasteiger charge is 2.16. The van der Waals surface area contributed by atoms with Gasteiger partial charge in [0.05, 0.1) is 18.2 Å². The second-order valence-electron chi connectivity index (χ2n) is 7.97. The number of carbonyl (C=O) groups excluding carboxylic acids is 2. The fourth-order valence-electron chi connectivity index (χ4n) is 3.75. The summed E-state index contributed by atoms with van der Waals surface area (Å²) in [5, 5.41) is 6.62. The lowest BCUT2D eigenvalue weighted by atomic mass is 10.1. The molecule has 1 fully saturated rings. The number of rotatable bonds is 4. The molecule has 0 aliphatic carbocycles. The lowest BCUT2D eigenvalue weighted by Crippen LogP contribution is -2.44. The third-order valence-corrected chi connectivity index (χ3v) is 5.65. The number of carbonyl (C=O) groups is 2. The summed E-state index contributed by atoms with van der Waals surface area (Å²) in [5.41, 5.74) is 3.70. The van der Waals surface area contributed by atoms with E-state index in [0.29, 0.717) is 16.9 Å². The van der Waals surface area contributed by atoms with Gasteiger partial charge in [0.25, 0.3) is 0 Å². The van der Waals surface area contributed by atoms with Crippen LogP contribution in [0.2, 0.25) is 0 Å². The van der Waals surface area contributed by atoms with Crippen LogP contribution in [0.3, 0.4) is 0 Å². The predicted octanol–water partition coefficient (Wildman–Crippen LogP) is 3.73. The highest BCUT2D eigenvalue weighted by Crippen LogP contribution is 2.26. The Kier molecular flexibility index (Phi) is 6.23. The minimum absolute atomic E-state index is 0.366. The molecule has 166 valence electrons. The van der Waals surface area contributed by atoms with Crippen molar-refractivity contribution in [2.45, 2.75) is 6.92 Å². The smallest absolute Gasteiger partial charge is 0.337 e. The third kappa shape index (κ3) is 4.81. The topological polar surface area (TPSA) is 86.8 Å².